The average Bonchev–Trinajstić information content (AvgIpc) is 3.58. The molecule has 326 valence electrons. The first-order valence-corrected chi connectivity index (χ1v) is 22.8. The zero-order valence-electron chi connectivity index (χ0n) is 39.0. The van der Waals surface area contributed by atoms with Gasteiger partial charge in [-0.05, 0) is 132 Å². The van der Waals surface area contributed by atoms with Crippen LogP contribution in [0.3, 0.4) is 0 Å². The molecule has 4 rings (SSSR count). The van der Waals surface area contributed by atoms with Crippen LogP contribution in [0.5, 0.6) is 0 Å². The number of hydrogen-bond donors (Lipinski definition) is 0. The van der Waals surface area contributed by atoms with E-state index >= 15 is 0 Å². The number of ketones is 2. The minimum Gasteiger partial charge on any atom is -0.463 e. The van der Waals surface area contributed by atoms with Gasteiger partial charge in [0.2, 0.25) is 0 Å². The number of benzene rings is 1. The Labute approximate surface area is 356 Å². The minimum atomic E-state index is -0.212. The highest BCUT2D eigenvalue weighted by Gasteiger charge is 2.27. The van der Waals surface area contributed by atoms with Gasteiger partial charge in [-0.3, -0.25) is 14.4 Å². The van der Waals surface area contributed by atoms with Gasteiger partial charge < -0.3 is 9.53 Å². The molecule has 3 aliphatic rings. The van der Waals surface area contributed by atoms with Crippen LogP contribution in [-0.4, -0.2) is 29.9 Å². The number of allylic oxidation sites excluding steroid dienone is 8. The molecule has 0 spiro atoms. The first-order valence-electron chi connectivity index (χ1n) is 22.8. The van der Waals surface area contributed by atoms with Gasteiger partial charge in [-0.1, -0.05) is 146 Å². The third-order valence-corrected chi connectivity index (χ3v) is 11.7. The molecule has 0 aromatic heterocycles. The molecular weight excluding hydrogens is 717 g/mol. The van der Waals surface area contributed by atoms with E-state index in [0.29, 0.717) is 17.1 Å². The molecular formula is C53H84O5. The fourth-order valence-electron chi connectivity index (χ4n) is 7.98. The molecule has 0 aliphatic heterocycles. The Morgan fingerprint density at radius 3 is 2.17 bits per heavy atom. The van der Waals surface area contributed by atoms with Crippen molar-refractivity contribution in [1.82, 2.24) is 0 Å². The first kappa shape index (κ1) is 52.7. The molecule has 5 nitrogen and oxygen atoms in total. The average molecular weight is 801 g/mol. The number of carbonyl (C=O) groups excluding carboxylic acids is 4. The van der Waals surface area contributed by atoms with Crippen molar-refractivity contribution in [1.29, 1.82) is 0 Å². The van der Waals surface area contributed by atoms with E-state index in [1.54, 1.807) is 6.08 Å². The fourth-order valence-corrected chi connectivity index (χ4v) is 7.98. The molecule has 1 aromatic carbocycles. The molecule has 0 radical (unpaired) electrons. The highest BCUT2D eigenvalue weighted by atomic mass is 16.5. The summed E-state index contributed by atoms with van der Waals surface area (Å²) in [7, 11) is 0. The van der Waals surface area contributed by atoms with Gasteiger partial charge in [0.05, 0.1) is 6.10 Å². The van der Waals surface area contributed by atoms with Gasteiger partial charge >= 0.3 is 5.97 Å². The number of carbonyl (C=O) groups is 4. The third kappa shape index (κ3) is 23.3. The zero-order valence-corrected chi connectivity index (χ0v) is 39.0. The largest absolute Gasteiger partial charge is 0.463 e. The highest BCUT2D eigenvalue weighted by molar-refractivity contribution is 6.04. The lowest BCUT2D eigenvalue weighted by Gasteiger charge is -2.28. The Bertz CT molecular complexity index is 1490. The first-order chi connectivity index (χ1) is 27.4. The van der Waals surface area contributed by atoms with E-state index in [4.69, 9.17) is 4.74 Å². The van der Waals surface area contributed by atoms with E-state index in [1.165, 1.54) is 81.4 Å². The smallest absolute Gasteiger partial charge is 0.302 e. The van der Waals surface area contributed by atoms with Crippen molar-refractivity contribution in [3.05, 3.63) is 83.0 Å². The van der Waals surface area contributed by atoms with E-state index < -0.39 is 0 Å². The number of ether oxygens (including phenoxy) is 1. The normalized spacial score (nSPS) is 20.4. The zero-order chi connectivity index (χ0) is 43.6. The van der Waals surface area contributed by atoms with Crippen LogP contribution in [0.1, 0.15) is 204 Å². The van der Waals surface area contributed by atoms with Crippen molar-refractivity contribution in [2.75, 3.05) is 0 Å². The van der Waals surface area contributed by atoms with Gasteiger partial charge in [-0.25, -0.2) is 0 Å². The number of hydrogen-bond acceptors (Lipinski definition) is 5. The number of rotatable bonds is 17. The van der Waals surface area contributed by atoms with Gasteiger partial charge in [0.25, 0.3) is 0 Å². The standard InChI is InChI=1S/C14H20O2.C14H22O.C13H20O.C12H22O/c1-11(16-12(2)15)10-14(3,4)13-8-6-5-7-9-13;1-12(2)5-4-6-13-7-9-14(3,11-15)10-8-13;1-4-5-8-12(14)11-7-6-9-13(2,3)10-11;1-2-3-4-5-6-8-11-9-7-10-12(11)13/h5-9,11H,10H2,1-4H3;5,7,11H,4,6,8-10H2,1-3H3;5,7-8H,4,6,9-10H2,1-3H3;11H,2-10H2,1H3. The van der Waals surface area contributed by atoms with Gasteiger partial charge in [0.1, 0.15) is 12.1 Å². The Morgan fingerprint density at radius 2 is 1.64 bits per heavy atom. The van der Waals surface area contributed by atoms with Crippen molar-refractivity contribution >= 4 is 23.8 Å². The van der Waals surface area contributed by atoms with Gasteiger partial charge in [-0.15, -0.1) is 0 Å². The van der Waals surface area contributed by atoms with Gasteiger partial charge in [-0.2, -0.15) is 0 Å². The number of esters is 1. The lowest BCUT2D eigenvalue weighted by molar-refractivity contribution is -0.146. The van der Waals surface area contributed by atoms with E-state index in [9.17, 15) is 19.2 Å². The Kier molecular flexibility index (Phi) is 25.6. The topological polar surface area (TPSA) is 77.5 Å². The quantitative estimate of drug-likeness (QED) is 0.0515. The van der Waals surface area contributed by atoms with E-state index in [0.717, 1.165) is 76.1 Å². The van der Waals surface area contributed by atoms with Crippen LogP contribution < -0.4 is 0 Å². The van der Waals surface area contributed by atoms with E-state index in [2.05, 4.69) is 85.8 Å². The third-order valence-electron chi connectivity index (χ3n) is 11.7. The molecule has 5 heteroatoms. The maximum absolute atomic E-state index is 11.7. The van der Waals surface area contributed by atoms with Crippen molar-refractivity contribution in [2.24, 2.45) is 16.7 Å². The van der Waals surface area contributed by atoms with Gasteiger partial charge in [0, 0.05) is 24.7 Å². The Morgan fingerprint density at radius 1 is 0.948 bits per heavy atom. The molecule has 0 N–H and O–H groups in total. The maximum atomic E-state index is 11.7. The van der Waals surface area contributed by atoms with Crippen molar-refractivity contribution < 1.29 is 23.9 Å². The number of aldehydes is 1. The lowest BCUT2D eigenvalue weighted by Crippen LogP contribution is -2.25. The van der Waals surface area contributed by atoms with E-state index in [-0.39, 0.29) is 28.7 Å². The fraction of sp³-hybridized carbons (Fsp3) is 0.660. The molecule has 1 saturated carbocycles. The molecule has 1 fully saturated rings. The summed E-state index contributed by atoms with van der Waals surface area (Å²) in [4.78, 5) is 44.7. The second-order valence-electron chi connectivity index (χ2n) is 19.1. The van der Waals surface area contributed by atoms with Crippen molar-refractivity contribution in [3.8, 4) is 0 Å². The van der Waals surface area contributed by atoms with Crippen LogP contribution >= 0.6 is 0 Å². The lowest BCUT2D eigenvalue weighted by atomic mass is 9.76. The number of Topliss-reactive ketones (excluding diaryl/α,β-unsaturated/α-hetero) is 1. The second-order valence-corrected chi connectivity index (χ2v) is 19.1. The predicted octanol–water partition coefficient (Wildman–Crippen LogP) is 14.7. The molecule has 0 saturated heterocycles. The minimum absolute atomic E-state index is 0.0239. The molecule has 1 aromatic rings. The van der Waals surface area contributed by atoms with Crippen molar-refractivity contribution in [3.63, 3.8) is 0 Å². The van der Waals surface area contributed by atoms with Gasteiger partial charge in [0.15, 0.2) is 5.78 Å². The molecule has 3 aliphatic carbocycles. The maximum Gasteiger partial charge on any atom is 0.302 e. The Balaban J connectivity index is 0.000000388. The summed E-state index contributed by atoms with van der Waals surface area (Å²) in [5.41, 5.74) is 5.45. The van der Waals surface area contributed by atoms with Crippen LogP contribution in [0.2, 0.25) is 0 Å². The van der Waals surface area contributed by atoms with Crippen LogP contribution in [0.25, 0.3) is 0 Å². The summed E-state index contributed by atoms with van der Waals surface area (Å²) in [6.45, 7) is 22.8. The summed E-state index contributed by atoms with van der Waals surface area (Å²) < 4.78 is 5.17. The SMILES string of the molecule is CC(=O)OC(C)CC(C)(C)c1ccccc1.CC(C)=CCCC1=CCC(C)(C=O)CC1.CCC=CC(=O)C1=CCCC(C)(C)C1.CCCCCCCC1CCCC1=O. The molecule has 3 unspecified atom stereocenters. The van der Waals surface area contributed by atoms with Crippen LogP contribution in [0.15, 0.2) is 77.4 Å². The summed E-state index contributed by atoms with van der Waals surface area (Å²) in [5.74, 6) is 0.980. The monoisotopic (exact) mass is 801 g/mol. The molecule has 0 amide bonds. The molecule has 58 heavy (non-hydrogen) atoms. The summed E-state index contributed by atoms with van der Waals surface area (Å²) in [6, 6.07) is 10.3. The van der Waals surface area contributed by atoms with Crippen LogP contribution in [-0.2, 0) is 29.3 Å². The molecule has 0 heterocycles. The summed E-state index contributed by atoms with van der Waals surface area (Å²) in [6.07, 6.45) is 32.7. The van der Waals surface area contributed by atoms with Crippen molar-refractivity contribution in [2.45, 2.75) is 210 Å². The van der Waals surface area contributed by atoms with Crippen LogP contribution in [0, 0.1) is 16.7 Å². The predicted molar refractivity (Wildman–Crippen MR) is 246 cm³/mol. The van der Waals surface area contributed by atoms with E-state index in [1.807, 2.05) is 38.1 Å². The summed E-state index contributed by atoms with van der Waals surface area (Å²) >= 11 is 0. The number of unbranched alkanes of at least 4 members (excludes halogenated alkanes) is 4. The van der Waals surface area contributed by atoms with Crippen LogP contribution in [0.4, 0.5) is 0 Å². The highest BCUT2D eigenvalue weighted by Crippen LogP contribution is 2.36. The second kappa shape index (κ2) is 28.2. The summed E-state index contributed by atoms with van der Waals surface area (Å²) in [5, 5.41) is 0. The molecule has 3 atom stereocenters. The Hall–Kier alpha value is -3.34. The molecule has 0 bridgehead atoms.